The molecule has 1 aliphatic rings. The standard InChI is InChI=1S/C26H30N4O4/c1-19(27)24(26(32)29-33)28-25(31)23-12-10-21(11-13-23)5-3-2-4-20-6-8-22(9-7-20)18-30-14-16-34-17-15-30/h2,4,6-13,19,24,33H,14-18,27H2,1H3,(H,28,31)(H,29,32)/b4-2+/t19-,24?/m1/s1. The van der Waals surface area contributed by atoms with Crippen LogP contribution < -0.4 is 16.5 Å². The predicted molar refractivity (Wildman–Crippen MR) is 130 cm³/mol. The zero-order chi connectivity index (χ0) is 24.3. The summed E-state index contributed by atoms with van der Waals surface area (Å²) in [5.74, 6) is 4.78. The lowest BCUT2D eigenvalue weighted by molar-refractivity contribution is -0.131. The maximum Gasteiger partial charge on any atom is 0.267 e. The van der Waals surface area contributed by atoms with Gasteiger partial charge in [-0.25, -0.2) is 5.48 Å². The van der Waals surface area contributed by atoms with E-state index >= 15 is 0 Å². The lowest BCUT2D eigenvalue weighted by Gasteiger charge is -2.26. The van der Waals surface area contributed by atoms with Crippen molar-refractivity contribution in [2.24, 2.45) is 5.73 Å². The molecule has 0 aliphatic carbocycles. The molecule has 2 atom stereocenters. The minimum absolute atomic E-state index is 0.356. The molecule has 178 valence electrons. The first-order chi connectivity index (χ1) is 16.5. The second-order valence-corrected chi connectivity index (χ2v) is 8.10. The number of benzene rings is 2. The molecule has 2 aromatic rings. The number of nitrogens with one attached hydrogen (secondary N) is 2. The number of allylic oxidation sites excluding steroid dienone is 1. The average Bonchev–Trinajstić information content (AvgIpc) is 2.86. The number of carbonyl (C=O) groups excluding carboxylic acids is 2. The third-order valence-corrected chi connectivity index (χ3v) is 5.42. The summed E-state index contributed by atoms with van der Waals surface area (Å²) >= 11 is 0. The molecule has 1 heterocycles. The summed E-state index contributed by atoms with van der Waals surface area (Å²) in [6.45, 7) is 6.03. The van der Waals surface area contributed by atoms with Crippen LogP contribution in [0.4, 0.5) is 0 Å². The van der Waals surface area contributed by atoms with E-state index in [1.54, 1.807) is 37.3 Å². The van der Waals surface area contributed by atoms with Gasteiger partial charge < -0.3 is 15.8 Å². The van der Waals surface area contributed by atoms with Crippen molar-refractivity contribution in [2.75, 3.05) is 26.3 Å². The van der Waals surface area contributed by atoms with Crippen LogP contribution in [0.15, 0.2) is 54.6 Å². The second-order valence-electron chi connectivity index (χ2n) is 8.10. The SMILES string of the molecule is C[C@@H](N)C(NC(=O)c1ccc(C#C/C=C/c2ccc(CN3CCOCC3)cc2)cc1)C(=O)NO. The highest BCUT2D eigenvalue weighted by Gasteiger charge is 2.24. The molecule has 0 saturated carbocycles. The summed E-state index contributed by atoms with van der Waals surface area (Å²) in [6, 6.07) is 13.4. The molecule has 1 aliphatic heterocycles. The first-order valence-corrected chi connectivity index (χ1v) is 11.1. The van der Waals surface area contributed by atoms with Crippen molar-refractivity contribution < 1.29 is 19.5 Å². The minimum Gasteiger partial charge on any atom is -0.379 e. The fourth-order valence-electron chi connectivity index (χ4n) is 3.45. The summed E-state index contributed by atoms with van der Waals surface area (Å²) in [5, 5.41) is 11.3. The highest BCUT2D eigenvalue weighted by molar-refractivity contribution is 5.97. The Morgan fingerprint density at radius 1 is 1.15 bits per heavy atom. The minimum atomic E-state index is -1.05. The molecular formula is C26H30N4O4. The van der Waals surface area contributed by atoms with Crippen molar-refractivity contribution in [3.8, 4) is 11.8 Å². The van der Waals surface area contributed by atoms with E-state index in [0.29, 0.717) is 5.56 Å². The Morgan fingerprint density at radius 3 is 2.44 bits per heavy atom. The Labute approximate surface area is 199 Å². The topological polar surface area (TPSA) is 117 Å². The molecule has 3 rings (SSSR count). The summed E-state index contributed by atoms with van der Waals surface area (Å²) in [5.41, 5.74) is 10.7. The fraction of sp³-hybridized carbons (Fsp3) is 0.308. The Morgan fingerprint density at radius 2 is 1.82 bits per heavy atom. The molecule has 5 N–H and O–H groups in total. The van der Waals surface area contributed by atoms with Gasteiger partial charge in [-0.15, -0.1) is 0 Å². The molecule has 8 nitrogen and oxygen atoms in total. The molecule has 1 saturated heterocycles. The van der Waals surface area contributed by atoms with Gasteiger partial charge in [0.15, 0.2) is 0 Å². The number of rotatable bonds is 7. The quantitative estimate of drug-likeness (QED) is 0.282. The van der Waals surface area contributed by atoms with Gasteiger partial charge in [-0.1, -0.05) is 36.1 Å². The lowest BCUT2D eigenvalue weighted by atomic mass is 10.1. The van der Waals surface area contributed by atoms with E-state index in [9.17, 15) is 9.59 Å². The Hall–Kier alpha value is -3.48. The van der Waals surface area contributed by atoms with Crippen LogP contribution in [0.1, 0.15) is 34.0 Å². The van der Waals surface area contributed by atoms with Crippen molar-refractivity contribution in [3.05, 3.63) is 76.9 Å². The van der Waals surface area contributed by atoms with Gasteiger partial charge >= 0.3 is 0 Å². The smallest absolute Gasteiger partial charge is 0.267 e. The lowest BCUT2D eigenvalue weighted by Crippen LogP contribution is -2.54. The van der Waals surface area contributed by atoms with Crippen molar-refractivity contribution in [3.63, 3.8) is 0 Å². The van der Waals surface area contributed by atoms with Crippen molar-refractivity contribution in [1.29, 1.82) is 0 Å². The second kappa shape index (κ2) is 12.7. The van der Waals surface area contributed by atoms with Crippen molar-refractivity contribution in [2.45, 2.75) is 25.6 Å². The zero-order valence-electron chi connectivity index (χ0n) is 19.2. The van der Waals surface area contributed by atoms with Gasteiger partial charge in [0, 0.05) is 36.8 Å². The number of hydrogen-bond acceptors (Lipinski definition) is 6. The number of carbonyl (C=O) groups is 2. The van der Waals surface area contributed by atoms with E-state index in [1.165, 1.54) is 11.0 Å². The van der Waals surface area contributed by atoms with Gasteiger partial charge in [0.1, 0.15) is 6.04 Å². The number of nitrogens with zero attached hydrogens (tertiary/aromatic N) is 1. The van der Waals surface area contributed by atoms with Crippen LogP contribution in [0.25, 0.3) is 6.08 Å². The normalized spacial score (nSPS) is 15.7. The number of hydroxylamine groups is 1. The largest absolute Gasteiger partial charge is 0.379 e. The molecule has 2 amide bonds. The number of ether oxygens (including phenoxy) is 1. The van der Waals surface area contributed by atoms with Crippen molar-refractivity contribution in [1.82, 2.24) is 15.7 Å². The van der Waals surface area contributed by atoms with Crippen LogP contribution in [0.3, 0.4) is 0 Å². The van der Waals surface area contributed by atoms with E-state index in [0.717, 1.165) is 44.0 Å². The number of nitrogens with two attached hydrogens (primary N) is 1. The van der Waals surface area contributed by atoms with Gasteiger partial charge in [-0.05, 0) is 54.5 Å². The van der Waals surface area contributed by atoms with Gasteiger partial charge in [0.05, 0.1) is 13.2 Å². The van der Waals surface area contributed by atoms with E-state index < -0.39 is 23.9 Å². The van der Waals surface area contributed by atoms with Gasteiger partial charge in [0.25, 0.3) is 11.8 Å². The summed E-state index contributed by atoms with van der Waals surface area (Å²) in [7, 11) is 0. The van der Waals surface area contributed by atoms with E-state index in [2.05, 4.69) is 46.3 Å². The highest BCUT2D eigenvalue weighted by atomic mass is 16.5. The number of amides is 2. The summed E-state index contributed by atoms with van der Waals surface area (Å²) < 4.78 is 5.39. The molecule has 0 spiro atoms. The molecule has 0 radical (unpaired) electrons. The maximum absolute atomic E-state index is 12.4. The highest BCUT2D eigenvalue weighted by Crippen LogP contribution is 2.10. The van der Waals surface area contributed by atoms with E-state index in [-0.39, 0.29) is 0 Å². The summed E-state index contributed by atoms with van der Waals surface area (Å²) in [6.07, 6.45) is 3.74. The van der Waals surface area contributed by atoms with Crippen molar-refractivity contribution >= 4 is 17.9 Å². The molecular weight excluding hydrogens is 432 g/mol. The maximum atomic E-state index is 12.4. The van der Waals surface area contributed by atoms with Crippen LogP contribution in [0.2, 0.25) is 0 Å². The fourth-order valence-corrected chi connectivity index (χ4v) is 3.45. The molecule has 8 heteroatoms. The molecule has 34 heavy (non-hydrogen) atoms. The Kier molecular flexibility index (Phi) is 9.38. The zero-order valence-corrected chi connectivity index (χ0v) is 19.2. The third-order valence-electron chi connectivity index (χ3n) is 5.42. The molecule has 2 aromatic carbocycles. The van der Waals surface area contributed by atoms with Crippen LogP contribution >= 0.6 is 0 Å². The van der Waals surface area contributed by atoms with Crippen LogP contribution in [-0.2, 0) is 16.1 Å². The molecule has 1 unspecified atom stereocenters. The van der Waals surface area contributed by atoms with Gasteiger partial charge in [0.2, 0.25) is 0 Å². The monoisotopic (exact) mass is 462 g/mol. The van der Waals surface area contributed by atoms with Crippen LogP contribution in [0.5, 0.6) is 0 Å². The summed E-state index contributed by atoms with van der Waals surface area (Å²) in [4.78, 5) is 26.4. The molecule has 1 fully saturated rings. The van der Waals surface area contributed by atoms with E-state index in [4.69, 9.17) is 15.7 Å². The Balaban J connectivity index is 1.53. The van der Waals surface area contributed by atoms with Gasteiger partial charge in [-0.2, -0.15) is 0 Å². The predicted octanol–water partition coefficient (Wildman–Crippen LogP) is 1.53. The molecule has 0 bridgehead atoms. The first kappa shape index (κ1) is 25.1. The van der Waals surface area contributed by atoms with Gasteiger partial charge in [-0.3, -0.25) is 19.7 Å². The molecule has 0 aromatic heterocycles. The number of hydrogen-bond donors (Lipinski definition) is 4. The van der Waals surface area contributed by atoms with Crippen LogP contribution in [0, 0.1) is 11.8 Å². The average molecular weight is 463 g/mol. The first-order valence-electron chi connectivity index (χ1n) is 11.1. The Bertz CT molecular complexity index is 1050. The number of morpholine rings is 1. The third kappa shape index (κ3) is 7.54. The van der Waals surface area contributed by atoms with Crippen LogP contribution in [-0.4, -0.2) is 60.3 Å². The van der Waals surface area contributed by atoms with E-state index in [1.807, 2.05) is 6.08 Å².